The van der Waals surface area contributed by atoms with Gasteiger partial charge in [0.2, 0.25) is 5.91 Å². The zero-order chi connectivity index (χ0) is 26.5. The largest absolute Gasteiger partial charge is 0.322 e. The highest BCUT2D eigenvalue weighted by atomic mass is 19.1. The Kier molecular flexibility index (Phi) is 7.67. The average Bonchev–Trinajstić information content (AvgIpc) is 3.18. The van der Waals surface area contributed by atoms with Gasteiger partial charge < -0.3 is 15.5 Å². The number of aryl methyl sites for hydroxylation is 2. The molecule has 190 valence electrons. The monoisotopic (exact) mass is 499 g/mol. The van der Waals surface area contributed by atoms with Gasteiger partial charge in [-0.3, -0.25) is 4.79 Å². The minimum Gasteiger partial charge on any atom is -0.313 e. The number of hydrogen-bond donors (Lipinski definition) is 2. The van der Waals surface area contributed by atoms with Crippen LogP contribution in [-0.2, 0) is 4.79 Å². The summed E-state index contributed by atoms with van der Waals surface area (Å²) in [6.45, 7) is 7.33. The lowest BCUT2D eigenvalue weighted by Crippen LogP contribution is -2.44. The first-order valence-corrected chi connectivity index (χ1v) is 12.1. The van der Waals surface area contributed by atoms with Crippen molar-refractivity contribution >= 4 is 23.4 Å². The number of nitrogens with zero attached hydrogens (tertiary/aromatic N) is 3. The number of urea groups is 1. The van der Waals surface area contributed by atoms with Crippen molar-refractivity contribution < 1.29 is 14.0 Å². The zero-order valence-electron chi connectivity index (χ0n) is 21.3. The fourth-order valence-corrected chi connectivity index (χ4v) is 4.04. The van der Waals surface area contributed by atoms with Crippen LogP contribution in [0.5, 0.6) is 0 Å². The number of halogens is 1. The van der Waals surface area contributed by atoms with Gasteiger partial charge in [0.05, 0.1) is 11.4 Å². The molecule has 0 radical (unpaired) electrons. The molecule has 0 atom stereocenters. The van der Waals surface area contributed by atoms with Crippen LogP contribution in [0.15, 0.2) is 78.9 Å². The second-order valence-electron chi connectivity index (χ2n) is 9.13. The minimum atomic E-state index is -0.498. The number of anilines is 2. The molecule has 0 aliphatic carbocycles. The van der Waals surface area contributed by atoms with Crippen LogP contribution in [0.2, 0.25) is 0 Å². The Morgan fingerprint density at radius 2 is 1.65 bits per heavy atom. The lowest BCUT2D eigenvalue weighted by molar-refractivity contribution is -0.117. The standard InChI is InChI=1S/C29H30FN5O2/c1-19(2)34(29(37)31-24-12-8-11-23(30)17-24)18-26(36)32-28-27(22-9-6-5-7-10-22)21(4)33-35(28)25-15-13-20(3)14-16-25/h5-17,19H,18H2,1-4H3,(H,31,37)(H,32,36). The fraction of sp³-hybridized carbons (Fsp3) is 0.207. The van der Waals surface area contributed by atoms with Gasteiger partial charge in [0.15, 0.2) is 0 Å². The number of nitrogens with one attached hydrogen (secondary N) is 2. The van der Waals surface area contributed by atoms with E-state index in [1.165, 1.54) is 23.1 Å². The van der Waals surface area contributed by atoms with Crippen LogP contribution in [0.25, 0.3) is 16.8 Å². The van der Waals surface area contributed by atoms with Crippen LogP contribution in [0.1, 0.15) is 25.1 Å². The Balaban J connectivity index is 1.63. The second kappa shape index (κ2) is 11.1. The van der Waals surface area contributed by atoms with E-state index in [1.54, 1.807) is 10.7 Å². The number of hydrogen-bond acceptors (Lipinski definition) is 3. The maximum Gasteiger partial charge on any atom is 0.322 e. The Bertz CT molecular complexity index is 1400. The van der Waals surface area contributed by atoms with E-state index in [0.717, 1.165) is 28.1 Å². The summed E-state index contributed by atoms with van der Waals surface area (Å²) >= 11 is 0. The molecular weight excluding hydrogens is 469 g/mol. The van der Waals surface area contributed by atoms with Gasteiger partial charge in [-0.15, -0.1) is 0 Å². The smallest absolute Gasteiger partial charge is 0.313 e. The highest BCUT2D eigenvalue weighted by Crippen LogP contribution is 2.33. The predicted octanol–water partition coefficient (Wildman–Crippen LogP) is 6.18. The molecule has 8 heteroatoms. The molecule has 4 aromatic rings. The molecule has 0 saturated carbocycles. The van der Waals surface area contributed by atoms with Crippen molar-refractivity contribution in [3.05, 3.63) is 95.9 Å². The molecule has 7 nitrogen and oxygen atoms in total. The van der Waals surface area contributed by atoms with Crippen molar-refractivity contribution in [2.24, 2.45) is 0 Å². The van der Waals surface area contributed by atoms with Gasteiger partial charge in [0.25, 0.3) is 0 Å². The van der Waals surface area contributed by atoms with Gasteiger partial charge in [0, 0.05) is 17.3 Å². The topological polar surface area (TPSA) is 79.3 Å². The van der Waals surface area contributed by atoms with Crippen LogP contribution in [0, 0.1) is 19.7 Å². The SMILES string of the molecule is Cc1ccc(-n2nc(C)c(-c3ccccc3)c2NC(=O)CN(C(=O)Nc2cccc(F)c2)C(C)C)cc1. The van der Waals surface area contributed by atoms with E-state index in [2.05, 4.69) is 10.6 Å². The molecular formula is C29H30FN5O2. The second-order valence-corrected chi connectivity index (χ2v) is 9.13. The van der Waals surface area contributed by atoms with Crippen molar-refractivity contribution in [1.29, 1.82) is 0 Å². The number of carbonyl (C=O) groups is 2. The molecule has 3 amide bonds. The maximum absolute atomic E-state index is 13.6. The third kappa shape index (κ3) is 6.03. The molecule has 0 saturated heterocycles. The van der Waals surface area contributed by atoms with E-state index in [0.29, 0.717) is 11.5 Å². The summed E-state index contributed by atoms with van der Waals surface area (Å²) < 4.78 is 15.3. The first kappa shape index (κ1) is 25.6. The summed E-state index contributed by atoms with van der Waals surface area (Å²) in [6, 6.07) is 22.4. The first-order valence-electron chi connectivity index (χ1n) is 12.1. The molecule has 4 rings (SSSR count). The zero-order valence-corrected chi connectivity index (χ0v) is 21.3. The van der Waals surface area contributed by atoms with Crippen molar-refractivity contribution in [3.8, 4) is 16.8 Å². The normalized spacial score (nSPS) is 10.9. The van der Waals surface area contributed by atoms with Crippen molar-refractivity contribution in [3.63, 3.8) is 0 Å². The maximum atomic E-state index is 13.6. The molecule has 0 fully saturated rings. The summed E-state index contributed by atoms with van der Waals surface area (Å²) in [5, 5.41) is 10.4. The van der Waals surface area contributed by atoms with Gasteiger partial charge in [-0.25, -0.2) is 13.9 Å². The third-order valence-electron chi connectivity index (χ3n) is 5.93. The molecule has 37 heavy (non-hydrogen) atoms. The molecule has 0 aliphatic rings. The van der Waals surface area contributed by atoms with Crippen LogP contribution in [0.3, 0.4) is 0 Å². The molecule has 1 aromatic heterocycles. The number of rotatable bonds is 7. The summed E-state index contributed by atoms with van der Waals surface area (Å²) in [4.78, 5) is 27.7. The Labute approximate surface area is 215 Å². The summed E-state index contributed by atoms with van der Waals surface area (Å²) in [6.07, 6.45) is 0. The highest BCUT2D eigenvalue weighted by Gasteiger charge is 2.24. The van der Waals surface area contributed by atoms with Crippen molar-refractivity contribution in [2.45, 2.75) is 33.7 Å². The van der Waals surface area contributed by atoms with Gasteiger partial charge in [-0.2, -0.15) is 5.10 Å². The van der Waals surface area contributed by atoms with Gasteiger partial charge in [0.1, 0.15) is 18.2 Å². The lowest BCUT2D eigenvalue weighted by Gasteiger charge is -2.26. The van der Waals surface area contributed by atoms with Crippen LogP contribution in [0.4, 0.5) is 20.7 Å². The lowest BCUT2D eigenvalue weighted by atomic mass is 10.1. The number of benzene rings is 3. The Hall–Kier alpha value is -4.46. The van der Waals surface area contributed by atoms with Crippen LogP contribution >= 0.6 is 0 Å². The highest BCUT2D eigenvalue weighted by molar-refractivity contribution is 5.99. The molecule has 2 N–H and O–H groups in total. The number of amides is 3. The summed E-state index contributed by atoms with van der Waals surface area (Å²) in [7, 11) is 0. The summed E-state index contributed by atoms with van der Waals surface area (Å²) in [5.41, 5.74) is 4.70. The van der Waals surface area contributed by atoms with Gasteiger partial charge in [-0.1, -0.05) is 54.1 Å². The van der Waals surface area contributed by atoms with E-state index < -0.39 is 11.8 Å². The van der Waals surface area contributed by atoms with Crippen molar-refractivity contribution in [1.82, 2.24) is 14.7 Å². The third-order valence-corrected chi connectivity index (χ3v) is 5.93. The average molecular weight is 500 g/mol. The first-order chi connectivity index (χ1) is 17.7. The van der Waals surface area contributed by atoms with E-state index >= 15 is 0 Å². The van der Waals surface area contributed by atoms with Gasteiger partial charge >= 0.3 is 6.03 Å². The van der Waals surface area contributed by atoms with Crippen LogP contribution < -0.4 is 10.6 Å². The number of carbonyl (C=O) groups excluding carboxylic acids is 2. The predicted molar refractivity (Wildman–Crippen MR) is 144 cm³/mol. The van der Waals surface area contributed by atoms with E-state index in [-0.39, 0.29) is 18.5 Å². The Morgan fingerprint density at radius 1 is 0.946 bits per heavy atom. The van der Waals surface area contributed by atoms with E-state index in [4.69, 9.17) is 5.10 Å². The Morgan fingerprint density at radius 3 is 2.30 bits per heavy atom. The quantitative estimate of drug-likeness (QED) is 0.319. The van der Waals surface area contributed by atoms with E-state index in [1.807, 2.05) is 82.3 Å². The fourth-order valence-electron chi connectivity index (χ4n) is 4.04. The molecule has 3 aromatic carbocycles. The molecule has 1 heterocycles. The number of aromatic nitrogens is 2. The van der Waals surface area contributed by atoms with Crippen molar-refractivity contribution in [2.75, 3.05) is 17.2 Å². The molecule has 0 spiro atoms. The molecule has 0 bridgehead atoms. The van der Waals surface area contributed by atoms with Crippen LogP contribution in [-0.4, -0.2) is 39.2 Å². The van der Waals surface area contributed by atoms with Gasteiger partial charge in [-0.05, 0) is 63.6 Å². The minimum absolute atomic E-state index is 0.203. The molecule has 0 unspecified atom stereocenters. The summed E-state index contributed by atoms with van der Waals surface area (Å²) in [5.74, 6) is -0.319. The molecule has 0 aliphatic heterocycles. The van der Waals surface area contributed by atoms with E-state index in [9.17, 15) is 14.0 Å².